The van der Waals surface area contributed by atoms with Crippen molar-refractivity contribution in [2.75, 3.05) is 13.7 Å². The first-order chi connectivity index (χ1) is 9.61. The highest BCUT2D eigenvalue weighted by Crippen LogP contribution is 2.21. The zero-order valence-electron chi connectivity index (χ0n) is 11.0. The van der Waals surface area contributed by atoms with Crippen molar-refractivity contribution in [3.8, 4) is 0 Å². The highest BCUT2D eigenvalue weighted by atomic mass is 35.5. The minimum atomic E-state index is -0.877. The summed E-state index contributed by atoms with van der Waals surface area (Å²) in [4.78, 5) is 23.5. The first-order valence-corrected chi connectivity index (χ1v) is 6.65. The molecule has 2 rings (SSSR count). The number of ether oxygens (including phenoxy) is 2. The van der Waals surface area contributed by atoms with Crippen LogP contribution in [0.2, 0.25) is 5.02 Å². The van der Waals surface area contributed by atoms with Crippen molar-refractivity contribution in [2.24, 2.45) is 5.92 Å². The van der Waals surface area contributed by atoms with E-state index in [0.29, 0.717) is 11.6 Å². The number of rotatable bonds is 3. The summed E-state index contributed by atoms with van der Waals surface area (Å²) < 4.78 is 10.2. The predicted molar refractivity (Wildman–Crippen MR) is 75.4 cm³/mol. The zero-order chi connectivity index (χ0) is 14.5. The van der Waals surface area contributed by atoms with Gasteiger partial charge in [0.15, 0.2) is 5.78 Å². The van der Waals surface area contributed by atoms with Gasteiger partial charge in [-0.15, -0.1) is 0 Å². The Morgan fingerprint density at radius 2 is 2.10 bits per heavy atom. The number of halogens is 1. The molecule has 2 atom stereocenters. The lowest BCUT2D eigenvalue weighted by Crippen LogP contribution is -2.41. The number of Topliss-reactive ketones (excluding diaryl/α,β-unsaturated/α-hetero) is 1. The van der Waals surface area contributed by atoms with Gasteiger partial charge in [-0.05, 0) is 17.7 Å². The quantitative estimate of drug-likeness (QED) is 0.635. The lowest BCUT2D eigenvalue weighted by molar-refractivity contribution is -0.158. The molecular formula is C15H15ClO4. The van der Waals surface area contributed by atoms with E-state index in [1.807, 2.05) is 12.1 Å². The van der Waals surface area contributed by atoms with Gasteiger partial charge in [0.05, 0.1) is 19.8 Å². The van der Waals surface area contributed by atoms with Crippen molar-refractivity contribution in [1.82, 2.24) is 0 Å². The molecule has 0 amide bonds. The summed E-state index contributed by atoms with van der Waals surface area (Å²) in [5.74, 6) is -1.58. The lowest BCUT2D eigenvalue weighted by Gasteiger charge is -2.26. The van der Waals surface area contributed by atoms with Crippen LogP contribution in [-0.4, -0.2) is 31.6 Å². The maximum Gasteiger partial charge on any atom is 0.319 e. The molecule has 1 aliphatic heterocycles. The molecule has 4 nitrogen and oxygen atoms in total. The van der Waals surface area contributed by atoms with Gasteiger partial charge in [0.2, 0.25) is 0 Å². The number of carbonyl (C=O) groups excluding carboxylic acids is 2. The Labute approximate surface area is 122 Å². The standard InChI is InChI=1S/C15H15ClO4/c1-19-15(18)14-12(17)8-9-20-13(14)7-4-10-2-5-11(16)6-3-10/h2-7,13-14H,8-9H2,1H3/b7-4+/t13-,14+/m1/s1. The lowest BCUT2D eigenvalue weighted by atomic mass is 9.92. The maximum atomic E-state index is 11.8. The summed E-state index contributed by atoms with van der Waals surface area (Å²) in [5.41, 5.74) is 0.916. The fourth-order valence-corrected chi connectivity index (χ4v) is 2.20. The smallest absolute Gasteiger partial charge is 0.319 e. The summed E-state index contributed by atoms with van der Waals surface area (Å²) in [7, 11) is 1.27. The third-order valence-corrected chi connectivity index (χ3v) is 3.39. The molecule has 0 bridgehead atoms. The molecule has 20 heavy (non-hydrogen) atoms. The highest BCUT2D eigenvalue weighted by molar-refractivity contribution is 6.30. The molecule has 0 spiro atoms. The van der Waals surface area contributed by atoms with E-state index < -0.39 is 18.0 Å². The minimum Gasteiger partial charge on any atom is -0.468 e. The Bertz CT molecular complexity index is 513. The second-order valence-electron chi connectivity index (χ2n) is 4.46. The molecule has 1 aliphatic rings. The Kier molecular flexibility index (Phi) is 4.93. The van der Waals surface area contributed by atoms with E-state index >= 15 is 0 Å². The van der Waals surface area contributed by atoms with Gasteiger partial charge in [0.25, 0.3) is 0 Å². The van der Waals surface area contributed by atoms with Gasteiger partial charge in [-0.3, -0.25) is 9.59 Å². The number of hydrogen-bond donors (Lipinski definition) is 0. The predicted octanol–water partition coefficient (Wildman–Crippen LogP) is 2.50. The van der Waals surface area contributed by atoms with Crippen LogP contribution in [0.5, 0.6) is 0 Å². The van der Waals surface area contributed by atoms with Gasteiger partial charge in [-0.1, -0.05) is 35.9 Å². The number of benzene rings is 1. The monoisotopic (exact) mass is 294 g/mol. The molecule has 0 saturated carbocycles. The molecule has 1 aromatic rings. The third kappa shape index (κ3) is 3.46. The van der Waals surface area contributed by atoms with E-state index in [4.69, 9.17) is 16.3 Å². The molecular weight excluding hydrogens is 280 g/mol. The Hall–Kier alpha value is -1.65. The second kappa shape index (κ2) is 6.68. The molecule has 1 aromatic carbocycles. The average Bonchev–Trinajstić information content (AvgIpc) is 2.46. The zero-order valence-corrected chi connectivity index (χ0v) is 11.8. The van der Waals surface area contributed by atoms with Crippen molar-refractivity contribution < 1.29 is 19.1 Å². The van der Waals surface area contributed by atoms with E-state index in [2.05, 4.69) is 4.74 Å². The number of carbonyl (C=O) groups is 2. The average molecular weight is 295 g/mol. The maximum absolute atomic E-state index is 11.8. The molecule has 106 valence electrons. The van der Waals surface area contributed by atoms with Crippen molar-refractivity contribution in [2.45, 2.75) is 12.5 Å². The molecule has 5 heteroatoms. The van der Waals surface area contributed by atoms with Crippen LogP contribution in [0.15, 0.2) is 30.3 Å². The molecule has 0 N–H and O–H groups in total. The molecule has 0 aliphatic carbocycles. The normalized spacial score (nSPS) is 23.0. The molecule has 0 unspecified atom stereocenters. The third-order valence-electron chi connectivity index (χ3n) is 3.14. The first kappa shape index (κ1) is 14.8. The summed E-state index contributed by atoms with van der Waals surface area (Å²) in [6.07, 6.45) is 3.17. The van der Waals surface area contributed by atoms with Crippen LogP contribution in [0.25, 0.3) is 6.08 Å². The summed E-state index contributed by atoms with van der Waals surface area (Å²) in [6, 6.07) is 7.23. The van der Waals surface area contributed by atoms with Crippen LogP contribution in [-0.2, 0) is 19.1 Å². The number of methoxy groups -OCH3 is 1. The van der Waals surface area contributed by atoms with Crippen LogP contribution >= 0.6 is 11.6 Å². The number of ketones is 1. The van der Waals surface area contributed by atoms with E-state index in [1.54, 1.807) is 24.3 Å². The van der Waals surface area contributed by atoms with Crippen molar-refractivity contribution in [3.63, 3.8) is 0 Å². The topological polar surface area (TPSA) is 52.6 Å². The highest BCUT2D eigenvalue weighted by Gasteiger charge is 2.37. The number of hydrogen-bond acceptors (Lipinski definition) is 4. The van der Waals surface area contributed by atoms with Gasteiger partial charge in [0.1, 0.15) is 5.92 Å². The second-order valence-corrected chi connectivity index (χ2v) is 4.90. The van der Waals surface area contributed by atoms with E-state index in [9.17, 15) is 9.59 Å². The van der Waals surface area contributed by atoms with Gasteiger partial charge in [-0.2, -0.15) is 0 Å². The van der Waals surface area contributed by atoms with Gasteiger partial charge >= 0.3 is 5.97 Å². The molecule has 1 heterocycles. The Morgan fingerprint density at radius 3 is 2.75 bits per heavy atom. The van der Waals surface area contributed by atoms with Crippen LogP contribution in [0.4, 0.5) is 0 Å². The minimum absolute atomic E-state index is 0.145. The van der Waals surface area contributed by atoms with Crippen molar-refractivity contribution >= 4 is 29.4 Å². The summed E-state index contributed by atoms with van der Waals surface area (Å²) in [5, 5.41) is 0.652. The summed E-state index contributed by atoms with van der Waals surface area (Å²) in [6.45, 7) is 0.321. The van der Waals surface area contributed by atoms with Gasteiger partial charge in [0, 0.05) is 11.4 Å². The van der Waals surface area contributed by atoms with Gasteiger partial charge in [-0.25, -0.2) is 0 Å². The van der Waals surface area contributed by atoms with Gasteiger partial charge < -0.3 is 9.47 Å². The molecule has 0 aromatic heterocycles. The van der Waals surface area contributed by atoms with Crippen molar-refractivity contribution in [1.29, 1.82) is 0 Å². The molecule has 1 saturated heterocycles. The van der Waals surface area contributed by atoms with E-state index in [1.165, 1.54) is 7.11 Å². The van der Waals surface area contributed by atoms with Crippen molar-refractivity contribution in [3.05, 3.63) is 40.9 Å². The van der Waals surface area contributed by atoms with Crippen LogP contribution in [0.1, 0.15) is 12.0 Å². The first-order valence-electron chi connectivity index (χ1n) is 6.27. The van der Waals surface area contributed by atoms with E-state index in [-0.39, 0.29) is 12.2 Å². The van der Waals surface area contributed by atoms with Crippen LogP contribution < -0.4 is 0 Å². The van der Waals surface area contributed by atoms with Crippen LogP contribution in [0, 0.1) is 5.92 Å². The largest absolute Gasteiger partial charge is 0.468 e. The molecule has 1 fully saturated rings. The summed E-state index contributed by atoms with van der Waals surface area (Å²) >= 11 is 5.81. The Morgan fingerprint density at radius 1 is 1.40 bits per heavy atom. The van der Waals surface area contributed by atoms with Crippen LogP contribution in [0.3, 0.4) is 0 Å². The Balaban J connectivity index is 2.14. The fourth-order valence-electron chi connectivity index (χ4n) is 2.07. The fraction of sp³-hybridized carbons (Fsp3) is 0.333. The molecule has 0 radical (unpaired) electrons. The SMILES string of the molecule is COC(=O)[C@H]1C(=O)CCO[C@@H]1/C=C/c1ccc(Cl)cc1. The van der Waals surface area contributed by atoms with E-state index in [0.717, 1.165) is 5.56 Å². The number of esters is 1.